The Labute approximate surface area is 167 Å². The van der Waals surface area contributed by atoms with E-state index >= 15 is 0 Å². The van der Waals surface area contributed by atoms with Gasteiger partial charge in [0.25, 0.3) is 5.91 Å². The van der Waals surface area contributed by atoms with Crippen molar-refractivity contribution in [1.29, 1.82) is 0 Å². The van der Waals surface area contributed by atoms with Crippen LogP contribution in [0.25, 0.3) is 11.3 Å². The molecule has 4 rings (SSSR count). The summed E-state index contributed by atoms with van der Waals surface area (Å²) in [5.41, 5.74) is 3.75. The largest absolute Gasteiger partial charge is 0.335 e. The lowest BCUT2D eigenvalue weighted by molar-refractivity contribution is 0.0773. The predicted octanol–water partition coefficient (Wildman–Crippen LogP) is 4.66. The van der Waals surface area contributed by atoms with E-state index in [1.165, 1.54) is 12.1 Å². The maximum absolute atomic E-state index is 13.1. The zero-order chi connectivity index (χ0) is 19.5. The molecule has 2 aromatic carbocycles. The average molecular weight is 393 g/mol. The van der Waals surface area contributed by atoms with E-state index < -0.39 is 0 Å². The van der Waals surface area contributed by atoms with Crippen LogP contribution in [0.15, 0.2) is 72.2 Å². The number of nitrogens with zero attached hydrogens (tertiary/aromatic N) is 3. The first-order valence-corrected chi connectivity index (χ1v) is 10.3. The molecular weight excluding hydrogens is 373 g/mol. The maximum atomic E-state index is 13.1. The van der Waals surface area contributed by atoms with Crippen LogP contribution in [-0.4, -0.2) is 39.7 Å². The van der Waals surface area contributed by atoms with Crippen LogP contribution in [0.2, 0.25) is 0 Å². The van der Waals surface area contributed by atoms with Crippen molar-refractivity contribution in [2.24, 2.45) is 0 Å². The molecule has 1 amide bonds. The van der Waals surface area contributed by atoms with E-state index in [1.807, 2.05) is 46.2 Å². The Kier molecular flexibility index (Phi) is 5.30. The Morgan fingerprint density at radius 2 is 2.00 bits per heavy atom. The fourth-order valence-electron chi connectivity index (χ4n) is 3.39. The molecule has 3 aromatic rings. The van der Waals surface area contributed by atoms with Crippen LogP contribution >= 0.6 is 11.8 Å². The van der Waals surface area contributed by atoms with Gasteiger partial charge in [0, 0.05) is 36.7 Å². The summed E-state index contributed by atoms with van der Waals surface area (Å²) >= 11 is 1.56. The summed E-state index contributed by atoms with van der Waals surface area (Å²) in [6.45, 7) is 1.20. The summed E-state index contributed by atoms with van der Waals surface area (Å²) in [6, 6.07) is 14.1. The van der Waals surface area contributed by atoms with Gasteiger partial charge in [0.2, 0.25) is 0 Å². The number of amides is 1. The van der Waals surface area contributed by atoms with Gasteiger partial charge in [-0.2, -0.15) is 0 Å². The molecule has 0 saturated heterocycles. The Balaban J connectivity index is 1.51. The van der Waals surface area contributed by atoms with E-state index in [9.17, 15) is 9.18 Å². The highest BCUT2D eigenvalue weighted by Gasteiger charge is 2.20. The fourth-order valence-corrected chi connectivity index (χ4v) is 3.92. The molecule has 1 aromatic heterocycles. The third-order valence-electron chi connectivity index (χ3n) is 4.87. The van der Waals surface area contributed by atoms with E-state index in [4.69, 9.17) is 0 Å². The molecule has 6 heteroatoms. The smallest absolute Gasteiger partial charge is 0.254 e. The van der Waals surface area contributed by atoms with Crippen LogP contribution in [0.1, 0.15) is 22.3 Å². The van der Waals surface area contributed by atoms with Gasteiger partial charge in [0.05, 0.1) is 0 Å². The third kappa shape index (κ3) is 3.73. The number of aromatic nitrogens is 2. The van der Waals surface area contributed by atoms with Gasteiger partial charge in [0.1, 0.15) is 5.82 Å². The number of carbonyl (C=O) groups is 1. The minimum Gasteiger partial charge on any atom is -0.335 e. The fraction of sp³-hybridized carbons (Fsp3) is 0.182. The summed E-state index contributed by atoms with van der Waals surface area (Å²) in [5, 5.41) is 0.884. The maximum Gasteiger partial charge on any atom is 0.254 e. The van der Waals surface area contributed by atoms with Gasteiger partial charge in [-0.15, -0.1) is 0 Å². The molecule has 0 radical (unpaired) electrons. The van der Waals surface area contributed by atoms with E-state index in [1.54, 1.807) is 30.1 Å². The number of imidazole rings is 1. The van der Waals surface area contributed by atoms with Gasteiger partial charge in [-0.3, -0.25) is 9.36 Å². The predicted molar refractivity (Wildman–Crippen MR) is 110 cm³/mol. The Hall–Kier alpha value is -2.86. The SMILES string of the molecule is CSc1nccn1-c1cccc(C(=O)N2CC=C(c3ccc(F)cc3)CC2)c1. The van der Waals surface area contributed by atoms with Crippen molar-refractivity contribution in [2.45, 2.75) is 11.6 Å². The standard InChI is InChI=1S/C22H20FN3OS/c1-28-22-24-11-14-26(22)20-4-2-3-18(15-20)21(27)25-12-9-17(10-13-25)16-5-7-19(23)8-6-16/h2-9,11,14-15H,10,12-13H2,1H3. The van der Waals surface area contributed by atoms with Gasteiger partial charge < -0.3 is 4.90 Å². The normalized spacial score (nSPS) is 14.1. The van der Waals surface area contributed by atoms with Crippen molar-refractivity contribution in [1.82, 2.24) is 14.5 Å². The van der Waals surface area contributed by atoms with Gasteiger partial charge in [-0.25, -0.2) is 9.37 Å². The Bertz CT molecular complexity index is 1030. The van der Waals surface area contributed by atoms with Crippen molar-refractivity contribution in [3.05, 3.63) is 83.9 Å². The lowest BCUT2D eigenvalue weighted by Crippen LogP contribution is -2.34. The molecule has 0 unspecified atom stereocenters. The van der Waals surface area contributed by atoms with Crippen molar-refractivity contribution >= 4 is 23.2 Å². The second kappa shape index (κ2) is 8.02. The van der Waals surface area contributed by atoms with Gasteiger partial charge in [-0.05, 0) is 54.1 Å². The molecular formula is C22H20FN3OS. The number of hydrogen-bond donors (Lipinski definition) is 0. The zero-order valence-electron chi connectivity index (χ0n) is 15.5. The van der Waals surface area contributed by atoms with E-state index in [0.717, 1.165) is 28.4 Å². The van der Waals surface area contributed by atoms with Crippen molar-refractivity contribution < 1.29 is 9.18 Å². The quantitative estimate of drug-likeness (QED) is 0.605. The second-order valence-electron chi connectivity index (χ2n) is 6.57. The molecule has 2 heterocycles. The topological polar surface area (TPSA) is 38.1 Å². The molecule has 4 nitrogen and oxygen atoms in total. The highest BCUT2D eigenvalue weighted by atomic mass is 32.2. The number of carbonyl (C=O) groups excluding carboxylic acids is 1. The summed E-state index contributed by atoms with van der Waals surface area (Å²) in [6.07, 6.45) is 8.45. The monoisotopic (exact) mass is 393 g/mol. The van der Waals surface area contributed by atoms with Gasteiger partial charge in [0.15, 0.2) is 5.16 Å². The summed E-state index contributed by atoms with van der Waals surface area (Å²) in [4.78, 5) is 19.1. The molecule has 1 aliphatic rings. The first kappa shape index (κ1) is 18.5. The zero-order valence-corrected chi connectivity index (χ0v) is 16.3. The van der Waals surface area contributed by atoms with Crippen LogP contribution in [0, 0.1) is 5.82 Å². The molecule has 0 saturated carbocycles. The summed E-state index contributed by atoms with van der Waals surface area (Å²) in [5.74, 6) is -0.221. The molecule has 0 aliphatic carbocycles. The van der Waals surface area contributed by atoms with Crippen LogP contribution in [-0.2, 0) is 0 Å². The molecule has 142 valence electrons. The first-order chi connectivity index (χ1) is 13.7. The van der Waals surface area contributed by atoms with Crippen molar-refractivity contribution in [3.63, 3.8) is 0 Å². The Morgan fingerprint density at radius 1 is 1.18 bits per heavy atom. The average Bonchev–Trinajstić information content (AvgIpc) is 3.23. The van der Waals surface area contributed by atoms with Crippen LogP contribution in [0.4, 0.5) is 4.39 Å². The highest BCUT2D eigenvalue weighted by Crippen LogP contribution is 2.24. The summed E-state index contributed by atoms with van der Waals surface area (Å²) < 4.78 is 15.1. The highest BCUT2D eigenvalue weighted by molar-refractivity contribution is 7.98. The minimum atomic E-state index is -0.237. The van der Waals surface area contributed by atoms with Gasteiger partial charge >= 0.3 is 0 Å². The lowest BCUT2D eigenvalue weighted by atomic mass is 9.99. The molecule has 0 fully saturated rings. The van der Waals surface area contributed by atoms with E-state index in [-0.39, 0.29) is 11.7 Å². The molecule has 0 spiro atoms. The Morgan fingerprint density at radius 3 is 2.71 bits per heavy atom. The molecule has 1 aliphatic heterocycles. The van der Waals surface area contributed by atoms with E-state index in [0.29, 0.717) is 18.7 Å². The number of halogens is 1. The molecule has 0 N–H and O–H groups in total. The van der Waals surface area contributed by atoms with Crippen LogP contribution < -0.4 is 0 Å². The van der Waals surface area contributed by atoms with Crippen LogP contribution in [0.5, 0.6) is 0 Å². The number of thioether (sulfide) groups is 1. The molecule has 0 bridgehead atoms. The second-order valence-corrected chi connectivity index (χ2v) is 7.35. The molecule has 0 atom stereocenters. The number of hydrogen-bond acceptors (Lipinski definition) is 3. The molecule has 28 heavy (non-hydrogen) atoms. The first-order valence-electron chi connectivity index (χ1n) is 9.08. The van der Waals surface area contributed by atoms with E-state index in [2.05, 4.69) is 11.1 Å². The van der Waals surface area contributed by atoms with Crippen molar-refractivity contribution in [2.75, 3.05) is 19.3 Å². The number of benzene rings is 2. The number of rotatable bonds is 4. The lowest BCUT2D eigenvalue weighted by Gasteiger charge is -2.27. The minimum absolute atomic E-state index is 0.0158. The third-order valence-corrected chi connectivity index (χ3v) is 5.54. The summed E-state index contributed by atoms with van der Waals surface area (Å²) in [7, 11) is 0. The van der Waals surface area contributed by atoms with Gasteiger partial charge in [-0.1, -0.05) is 36.0 Å². The van der Waals surface area contributed by atoms with Crippen molar-refractivity contribution in [3.8, 4) is 5.69 Å². The van der Waals surface area contributed by atoms with Crippen LogP contribution in [0.3, 0.4) is 0 Å².